The molecule has 4 aromatic rings. The monoisotopic (exact) mass is 541 g/mol. The van der Waals surface area contributed by atoms with Crippen molar-refractivity contribution in [3.05, 3.63) is 131 Å². The van der Waals surface area contributed by atoms with E-state index >= 15 is 0 Å². The van der Waals surface area contributed by atoms with Crippen molar-refractivity contribution in [2.75, 3.05) is 19.1 Å². The summed E-state index contributed by atoms with van der Waals surface area (Å²) < 4.78 is 11.3. The van der Waals surface area contributed by atoms with E-state index in [1.54, 1.807) is 62.8 Å². The standard InChI is InChI=1S/C35H27NO5/c1-40-23-17-18-26(28(20-23)41-2)30-31(32(37)22-11-4-3-5-12-22)36-27-15-9-6-10-21(27)16-19-29(36)35(30)33(38)24-13-7-8-14-25(24)34(35)39/h3-20,29-31H,1-2H3/t29?,30-,31+/m0/s1. The maximum atomic E-state index is 14.8. The Morgan fingerprint density at radius 3 is 2.12 bits per heavy atom. The van der Waals surface area contributed by atoms with Gasteiger partial charge in [0.1, 0.15) is 23.0 Å². The van der Waals surface area contributed by atoms with E-state index in [1.807, 2.05) is 65.6 Å². The quantitative estimate of drug-likeness (QED) is 0.227. The Bertz CT molecular complexity index is 1720. The molecule has 1 unspecified atom stereocenters. The molecular weight excluding hydrogens is 514 g/mol. The molecule has 1 aliphatic carbocycles. The zero-order valence-corrected chi connectivity index (χ0v) is 22.6. The van der Waals surface area contributed by atoms with Crippen LogP contribution in [0.25, 0.3) is 6.08 Å². The van der Waals surface area contributed by atoms with Gasteiger partial charge in [-0.15, -0.1) is 0 Å². The highest BCUT2D eigenvalue weighted by Gasteiger charge is 2.71. The Balaban J connectivity index is 1.57. The minimum absolute atomic E-state index is 0.169. The normalized spacial score (nSPS) is 21.4. The topological polar surface area (TPSA) is 72.9 Å². The van der Waals surface area contributed by atoms with Crippen LogP contribution in [-0.2, 0) is 0 Å². The molecule has 3 aliphatic rings. The van der Waals surface area contributed by atoms with Crippen molar-refractivity contribution in [1.29, 1.82) is 0 Å². The summed E-state index contributed by atoms with van der Waals surface area (Å²) in [6.45, 7) is 0. The Morgan fingerprint density at radius 2 is 1.44 bits per heavy atom. The number of methoxy groups -OCH3 is 2. The number of hydrogen-bond donors (Lipinski definition) is 0. The van der Waals surface area contributed by atoms with Gasteiger partial charge in [-0.1, -0.05) is 91.0 Å². The number of ketones is 3. The van der Waals surface area contributed by atoms with E-state index in [9.17, 15) is 14.4 Å². The van der Waals surface area contributed by atoms with Crippen molar-refractivity contribution >= 4 is 29.1 Å². The molecule has 1 spiro atoms. The van der Waals surface area contributed by atoms with Crippen LogP contribution in [0.15, 0.2) is 103 Å². The molecule has 2 heterocycles. The van der Waals surface area contributed by atoms with Gasteiger partial charge in [-0.05, 0) is 17.7 Å². The Labute approximate surface area is 237 Å². The number of Topliss-reactive ketones (excluding diaryl/α,β-unsaturated/α-hetero) is 3. The number of benzene rings is 4. The molecule has 7 rings (SSSR count). The van der Waals surface area contributed by atoms with Crippen molar-refractivity contribution in [2.45, 2.75) is 18.0 Å². The molecular formula is C35H27NO5. The van der Waals surface area contributed by atoms with Crippen molar-refractivity contribution in [3.8, 4) is 11.5 Å². The van der Waals surface area contributed by atoms with E-state index in [2.05, 4.69) is 0 Å². The first-order valence-electron chi connectivity index (χ1n) is 13.6. The van der Waals surface area contributed by atoms with Gasteiger partial charge in [-0.2, -0.15) is 0 Å². The van der Waals surface area contributed by atoms with Crippen LogP contribution in [0, 0.1) is 5.41 Å². The molecule has 1 saturated heterocycles. The van der Waals surface area contributed by atoms with Gasteiger partial charge in [-0.25, -0.2) is 0 Å². The number of rotatable bonds is 5. The van der Waals surface area contributed by atoms with Gasteiger partial charge in [-0.3, -0.25) is 14.4 Å². The highest BCUT2D eigenvalue weighted by molar-refractivity contribution is 6.32. The fourth-order valence-electron chi connectivity index (χ4n) is 7.11. The van der Waals surface area contributed by atoms with Crippen molar-refractivity contribution in [2.24, 2.45) is 5.41 Å². The molecule has 2 aliphatic heterocycles. The van der Waals surface area contributed by atoms with Crippen LogP contribution in [0.2, 0.25) is 0 Å². The number of carbonyl (C=O) groups is 3. The van der Waals surface area contributed by atoms with E-state index in [-0.39, 0.29) is 17.3 Å². The van der Waals surface area contributed by atoms with Crippen molar-refractivity contribution in [3.63, 3.8) is 0 Å². The maximum Gasteiger partial charge on any atom is 0.185 e. The Hall–Kier alpha value is -4.97. The lowest BCUT2D eigenvalue weighted by Gasteiger charge is -2.37. The molecule has 0 aromatic heterocycles. The number of para-hydroxylation sites is 1. The molecule has 202 valence electrons. The van der Waals surface area contributed by atoms with Gasteiger partial charge in [0.25, 0.3) is 0 Å². The average molecular weight is 542 g/mol. The maximum absolute atomic E-state index is 14.8. The predicted octanol–water partition coefficient (Wildman–Crippen LogP) is 6.02. The first-order chi connectivity index (χ1) is 20.0. The third kappa shape index (κ3) is 3.34. The summed E-state index contributed by atoms with van der Waals surface area (Å²) in [5.41, 5.74) is 2.02. The number of fused-ring (bicyclic) bond motifs is 5. The lowest BCUT2D eigenvalue weighted by molar-refractivity contribution is 0.0665. The molecule has 4 aromatic carbocycles. The lowest BCUT2D eigenvalue weighted by Crippen LogP contribution is -2.48. The zero-order chi connectivity index (χ0) is 28.3. The number of hydrogen-bond acceptors (Lipinski definition) is 6. The van der Waals surface area contributed by atoms with E-state index < -0.39 is 23.4 Å². The lowest BCUT2D eigenvalue weighted by atomic mass is 9.64. The molecule has 0 amide bonds. The molecule has 6 nitrogen and oxygen atoms in total. The van der Waals surface area contributed by atoms with Crippen LogP contribution >= 0.6 is 0 Å². The number of anilines is 1. The largest absolute Gasteiger partial charge is 0.497 e. The molecule has 0 radical (unpaired) electrons. The average Bonchev–Trinajstić information content (AvgIpc) is 3.46. The molecule has 3 atom stereocenters. The van der Waals surface area contributed by atoms with Gasteiger partial charge in [0.05, 0.1) is 20.3 Å². The third-order valence-electron chi connectivity index (χ3n) is 8.82. The van der Waals surface area contributed by atoms with Gasteiger partial charge in [0, 0.05) is 39.9 Å². The summed E-state index contributed by atoms with van der Waals surface area (Å²) in [5, 5.41) is 0. The Morgan fingerprint density at radius 1 is 0.780 bits per heavy atom. The molecule has 1 fully saturated rings. The molecule has 41 heavy (non-hydrogen) atoms. The number of nitrogens with zero attached hydrogens (tertiary/aromatic N) is 1. The van der Waals surface area contributed by atoms with Crippen molar-refractivity contribution in [1.82, 2.24) is 0 Å². The second-order valence-electron chi connectivity index (χ2n) is 10.6. The fraction of sp³-hybridized carbons (Fsp3) is 0.171. The highest BCUT2D eigenvalue weighted by atomic mass is 16.5. The van der Waals surface area contributed by atoms with Gasteiger partial charge in [0.15, 0.2) is 17.3 Å². The van der Waals surface area contributed by atoms with Crippen LogP contribution < -0.4 is 14.4 Å². The first kappa shape index (κ1) is 25.0. The van der Waals surface area contributed by atoms with Crippen LogP contribution in [0.1, 0.15) is 48.1 Å². The molecule has 6 heteroatoms. The summed E-state index contributed by atoms with van der Waals surface area (Å²) in [6, 6.07) is 27.6. The third-order valence-corrected chi connectivity index (χ3v) is 8.82. The second kappa shape index (κ2) is 9.30. The summed E-state index contributed by atoms with van der Waals surface area (Å²) >= 11 is 0. The van der Waals surface area contributed by atoms with E-state index in [0.29, 0.717) is 33.8 Å². The number of carbonyl (C=O) groups excluding carboxylic acids is 3. The van der Waals surface area contributed by atoms with Crippen LogP contribution in [0.3, 0.4) is 0 Å². The van der Waals surface area contributed by atoms with Crippen LogP contribution in [-0.4, -0.2) is 43.7 Å². The molecule has 0 saturated carbocycles. The van der Waals surface area contributed by atoms with Gasteiger partial charge in [0.2, 0.25) is 0 Å². The smallest absolute Gasteiger partial charge is 0.185 e. The number of ether oxygens (including phenoxy) is 2. The van der Waals surface area contributed by atoms with Crippen molar-refractivity contribution < 1.29 is 23.9 Å². The summed E-state index contributed by atoms with van der Waals surface area (Å²) in [6.07, 6.45) is 3.88. The highest BCUT2D eigenvalue weighted by Crippen LogP contribution is 2.62. The Kier molecular flexibility index (Phi) is 5.68. The zero-order valence-electron chi connectivity index (χ0n) is 22.6. The predicted molar refractivity (Wildman–Crippen MR) is 156 cm³/mol. The van der Waals surface area contributed by atoms with Gasteiger partial charge >= 0.3 is 0 Å². The van der Waals surface area contributed by atoms with E-state index in [0.717, 1.165) is 11.3 Å². The minimum atomic E-state index is -1.59. The fourth-order valence-corrected chi connectivity index (χ4v) is 7.11. The van der Waals surface area contributed by atoms with E-state index in [1.165, 1.54) is 0 Å². The first-order valence-corrected chi connectivity index (χ1v) is 13.6. The SMILES string of the molecule is COc1ccc([C@H]2[C@H](C(=O)c3ccccc3)N3c4ccccc4C=CC3C23C(=O)c2ccccc2C3=O)c(OC)c1. The summed E-state index contributed by atoms with van der Waals surface area (Å²) in [7, 11) is 3.11. The summed E-state index contributed by atoms with van der Waals surface area (Å²) in [5.74, 6) is -0.555. The molecule has 0 bridgehead atoms. The van der Waals surface area contributed by atoms with Gasteiger partial charge < -0.3 is 14.4 Å². The minimum Gasteiger partial charge on any atom is -0.497 e. The van der Waals surface area contributed by atoms with Crippen LogP contribution in [0.5, 0.6) is 11.5 Å². The summed E-state index contributed by atoms with van der Waals surface area (Å²) in [4.78, 5) is 46.2. The molecule has 0 N–H and O–H groups in total. The van der Waals surface area contributed by atoms with E-state index in [4.69, 9.17) is 9.47 Å². The van der Waals surface area contributed by atoms with Crippen LogP contribution in [0.4, 0.5) is 5.69 Å². The second-order valence-corrected chi connectivity index (χ2v) is 10.6.